The first-order valence-corrected chi connectivity index (χ1v) is 6.13. The zero-order valence-electron chi connectivity index (χ0n) is 10.5. The average molecular weight is 239 g/mol. The molecular formula is C12H21N3O2. The minimum Gasteiger partial charge on any atom is -0.450 e. The minimum atomic E-state index is -0.324. The normalized spacial score (nSPS) is 12.1. The molecule has 5 nitrogen and oxygen atoms in total. The summed E-state index contributed by atoms with van der Waals surface area (Å²) in [6, 6.07) is 0.181. The number of nitrogens with zero attached hydrogens (tertiary/aromatic N) is 1. The molecular weight excluding hydrogens is 218 g/mol. The van der Waals surface area contributed by atoms with E-state index in [1.165, 1.54) is 0 Å². The molecule has 1 heterocycles. The summed E-state index contributed by atoms with van der Waals surface area (Å²) < 4.78 is 5.07. The summed E-state index contributed by atoms with van der Waals surface area (Å²) in [4.78, 5) is 18.3. The van der Waals surface area contributed by atoms with Crippen LogP contribution in [0.2, 0.25) is 0 Å². The third kappa shape index (κ3) is 5.94. The second-order valence-corrected chi connectivity index (χ2v) is 4.15. The van der Waals surface area contributed by atoms with Crippen LogP contribution in [0.3, 0.4) is 0 Å². The fraction of sp³-hybridized carbons (Fsp3) is 0.667. The number of ether oxygens (including phenoxy) is 1. The minimum absolute atomic E-state index is 0.181. The Kier molecular flexibility index (Phi) is 6.14. The molecule has 1 atom stereocenters. The van der Waals surface area contributed by atoms with Gasteiger partial charge in [-0.15, -0.1) is 0 Å². The maximum atomic E-state index is 11.3. The van der Waals surface area contributed by atoms with E-state index in [-0.39, 0.29) is 12.1 Å². The Labute approximate surface area is 102 Å². The van der Waals surface area contributed by atoms with Crippen molar-refractivity contribution < 1.29 is 9.53 Å². The van der Waals surface area contributed by atoms with Crippen molar-refractivity contribution in [3.05, 3.63) is 18.2 Å². The molecule has 0 spiro atoms. The van der Waals surface area contributed by atoms with Gasteiger partial charge in [0.05, 0.1) is 12.9 Å². The molecule has 17 heavy (non-hydrogen) atoms. The van der Waals surface area contributed by atoms with Crippen molar-refractivity contribution >= 4 is 6.09 Å². The van der Waals surface area contributed by atoms with E-state index in [1.807, 2.05) is 6.92 Å². The number of rotatable bonds is 7. The van der Waals surface area contributed by atoms with E-state index in [1.54, 1.807) is 12.5 Å². The van der Waals surface area contributed by atoms with Crippen molar-refractivity contribution in [2.24, 2.45) is 0 Å². The highest BCUT2D eigenvalue weighted by Crippen LogP contribution is 1.98. The fourth-order valence-electron chi connectivity index (χ4n) is 1.60. The van der Waals surface area contributed by atoms with Gasteiger partial charge in [0, 0.05) is 17.9 Å². The summed E-state index contributed by atoms with van der Waals surface area (Å²) in [5.41, 5.74) is 1.06. The van der Waals surface area contributed by atoms with Gasteiger partial charge in [0.15, 0.2) is 0 Å². The zero-order valence-corrected chi connectivity index (χ0v) is 10.5. The number of imidazole rings is 1. The van der Waals surface area contributed by atoms with Gasteiger partial charge in [-0.05, 0) is 26.2 Å². The number of alkyl carbamates (subject to hydrolysis) is 1. The van der Waals surface area contributed by atoms with Crippen LogP contribution < -0.4 is 5.32 Å². The molecule has 0 fully saturated rings. The molecule has 0 bridgehead atoms. The number of aromatic nitrogens is 2. The standard InChI is InChI=1S/C12H21N3O2/c1-3-5-10(2)15-12(16)17-7-4-6-11-8-13-9-14-11/h8-10H,3-7H2,1-2H3,(H,13,14)(H,15,16)/t10-/m1/s1. The molecule has 0 unspecified atom stereocenters. The second kappa shape index (κ2) is 7.70. The molecule has 1 rings (SSSR count). The van der Waals surface area contributed by atoms with E-state index in [0.29, 0.717) is 6.61 Å². The van der Waals surface area contributed by atoms with Crippen molar-refractivity contribution in [1.82, 2.24) is 15.3 Å². The molecule has 0 saturated carbocycles. The predicted molar refractivity (Wildman–Crippen MR) is 65.8 cm³/mol. The van der Waals surface area contributed by atoms with Crippen LogP contribution in [0.1, 0.15) is 38.8 Å². The molecule has 5 heteroatoms. The number of carbonyl (C=O) groups excluding carboxylic acids is 1. The molecule has 0 radical (unpaired) electrons. The van der Waals surface area contributed by atoms with Crippen molar-refractivity contribution in [3.63, 3.8) is 0 Å². The van der Waals surface area contributed by atoms with Gasteiger partial charge < -0.3 is 15.0 Å². The van der Waals surface area contributed by atoms with E-state index in [4.69, 9.17) is 4.74 Å². The Morgan fingerprint density at radius 2 is 2.47 bits per heavy atom. The highest BCUT2D eigenvalue weighted by Gasteiger charge is 2.06. The first-order valence-electron chi connectivity index (χ1n) is 6.13. The van der Waals surface area contributed by atoms with E-state index < -0.39 is 0 Å². The third-order valence-electron chi connectivity index (χ3n) is 2.46. The van der Waals surface area contributed by atoms with Crippen LogP contribution >= 0.6 is 0 Å². The van der Waals surface area contributed by atoms with Crippen LogP contribution in [0.5, 0.6) is 0 Å². The van der Waals surface area contributed by atoms with Crippen LogP contribution in [0.25, 0.3) is 0 Å². The molecule has 0 saturated heterocycles. The van der Waals surface area contributed by atoms with Crippen LogP contribution in [-0.4, -0.2) is 28.7 Å². The number of carbonyl (C=O) groups is 1. The van der Waals surface area contributed by atoms with Gasteiger partial charge in [-0.25, -0.2) is 9.78 Å². The first-order chi connectivity index (χ1) is 8.22. The Hall–Kier alpha value is -1.52. The van der Waals surface area contributed by atoms with Crippen molar-refractivity contribution in [3.8, 4) is 0 Å². The summed E-state index contributed by atoms with van der Waals surface area (Å²) in [6.45, 7) is 4.51. The molecule has 0 aromatic carbocycles. The maximum Gasteiger partial charge on any atom is 0.407 e. The molecule has 0 aliphatic rings. The lowest BCUT2D eigenvalue weighted by molar-refractivity contribution is 0.141. The zero-order chi connectivity index (χ0) is 12.5. The van der Waals surface area contributed by atoms with Gasteiger partial charge in [0.2, 0.25) is 0 Å². The number of hydrogen-bond acceptors (Lipinski definition) is 3. The summed E-state index contributed by atoms with van der Waals surface area (Å²) >= 11 is 0. The lowest BCUT2D eigenvalue weighted by Gasteiger charge is -2.12. The van der Waals surface area contributed by atoms with Crippen LogP contribution in [-0.2, 0) is 11.2 Å². The maximum absolute atomic E-state index is 11.3. The van der Waals surface area contributed by atoms with Crippen molar-refractivity contribution in [1.29, 1.82) is 0 Å². The number of nitrogens with one attached hydrogen (secondary N) is 2. The summed E-state index contributed by atoms with van der Waals surface area (Å²) in [7, 11) is 0. The topological polar surface area (TPSA) is 67.0 Å². The molecule has 0 aliphatic carbocycles. The van der Waals surface area contributed by atoms with Crippen LogP contribution in [0, 0.1) is 0 Å². The Balaban J connectivity index is 2.04. The average Bonchev–Trinajstić information content (AvgIpc) is 2.77. The second-order valence-electron chi connectivity index (χ2n) is 4.15. The van der Waals surface area contributed by atoms with Gasteiger partial charge >= 0.3 is 6.09 Å². The fourth-order valence-corrected chi connectivity index (χ4v) is 1.60. The smallest absolute Gasteiger partial charge is 0.407 e. The van der Waals surface area contributed by atoms with Gasteiger partial charge in [-0.2, -0.15) is 0 Å². The highest BCUT2D eigenvalue weighted by atomic mass is 16.5. The summed E-state index contributed by atoms with van der Waals surface area (Å²) in [5.74, 6) is 0. The molecule has 0 aliphatic heterocycles. The quantitative estimate of drug-likeness (QED) is 0.717. The summed E-state index contributed by atoms with van der Waals surface area (Å²) in [6.07, 6.45) is 6.79. The van der Waals surface area contributed by atoms with Gasteiger partial charge in [0.1, 0.15) is 0 Å². The summed E-state index contributed by atoms with van der Waals surface area (Å²) in [5, 5.41) is 2.79. The predicted octanol–water partition coefficient (Wildman–Crippen LogP) is 2.26. The van der Waals surface area contributed by atoms with Crippen LogP contribution in [0.4, 0.5) is 4.79 Å². The van der Waals surface area contributed by atoms with E-state index in [2.05, 4.69) is 22.2 Å². The van der Waals surface area contributed by atoms with Crippen molar-refractivity contribution in [2.45, 2.75) is 45.6 Å². The number of amides is 1. The third-order valence-corrected chi connectivity index (χ3v) is 2.46. The van der Waals surface area contributed by atoms with Crippen molar-refractivity contribution in [2.75, 3.05) is 6.61 Å². The van der Waals surface area contributed by atoms with E-state index in [9.17, 15) is 4.79 Å². The Morgan fingerprint density at radius 3 is 3.12 bits per heavy atom. The molecule has 1 aromatic heterocycles. The lowest BCUT2D eigenvalue weighted by Crippen LogP contribution is -2.33. The van der Waals surface area contributed by atoms with E-state index >= 15 is 0 Å². The molecule has 1 amide bonds. The molecule has 2 N–H and O–H groups in total. The van der Waals surface area contributed by atoms with Gasteiger partial charge in [0.25, 0.3) is 0 Å². The highest BCUT2D eigenvalue weighted by molar-refractivity contribution is 5.67. The lowest BCUT2D eigenvalue weighted by atomic mass is 10.2. The first kappa shape index (κ1) is 13.5. The van der Waals surface area contributed by atoms with Crippen LogP contribution in [0.15, 0.2) is 12.5 Å². The van der Waals surface area contributed by atoms with Gasteiger partial charge in [-0.1, -0.05) is 13.3 Å². The Morgan fingerprint density at radius 1 is 1.65 bits per heavy atom. The van der Waals surface area contributed by atoms with Gasteiger partial charge in [-0.3, -0.25) is 0 Å². The van der Waals surface area contributed by atoms with E-state index in [0.717, 1.165) is 31.4 Å². The number of aryl methyl sites for hydroxylation is 1. The number of aromatic amines is 1. The molecule has 96 valence electrons. The Bertz CT molecular complexity index is 312. The SMILES string of the molecule is CCC[C@@H](C)NC(=O)OCCCc1cnc[nH]1. The largest absolute Gasteiger partial charge is 0.450 e. The monoisotopic (exact) mass is 239 g/mol. The number of H-pyrrole nitrogens is 1. The number of hydrogen-bond donors (Lipinski definition) is 2. The molecule has 1 aromatic rings.